The van der Waals surface area contributed by atoms with Crippen LogP contribution in [0.25, 0.3) is 0 Å². The Bertz CT molecular complexity index is 586. The van der Waals surface area contributed by atoms with E-state index >= 15 is 0 Å². The molecule has 0 aromatic heterocycles. The van der Waals surface area contributed by atoms with Crippen molar-refractivity contribution in [2.45, 2.75) is 58.4 Å². The summed E-state index contributed by atoms with van der Waals surface area (Å²) in [5.74, 6) is 1.91. The summed E-state index contributed by atoms with van der Waals surface area (Å²) >= 11 is 0. The van der Waals surface area contributed by atoms with E-state index in [4.69, 9.17) is 5.73 Å². The van der Waals surface area contributed by atoms with E-state index in [-0.39, 0.29) is 34.6 Å². The molecule has 3 fully saturated rings. The molecule has 0 bridgehead atoms. The monoisotopic (exact) mass is 316 g/mol. The summed E-state index contributed by atoms with van der Waals surface area (Å²) in [5.41, 5.74) is 5.88. The Hall–Kier alpha value is -1.32. The zero-order valence-corrected chi connectivity index (χ0v) is 14.2. The molecule has 4 rings (SSSR count). The van der Waals surface area contributed by atoms with Gasteiger partial charge in [-0.3, -0.25) is 9.59 Å². The zero-order chi connectivity index (χ0) is 16.4. The number of rotatable bonds is 1. The topological polar surface area (TPSA) is 72.2 Å². The number of carbonyl (C=O) groups excluding carboxylic acids is 2. The molecule has 1 heterocycles. The Labute approximate surface area is 138 Å². The first-order valence-electron chi connectivity index (χ1n) is 9.15. The fourth-order valence-corrected chi connectivity index (χ4v) is 6.80. The number of nitrogens with two attached hydrogens (primary N) is 1. The van der Waals surface area contributed by atoms with E-state index in [0.717, 1.165) is 32.1 Å². The summed E-state index contributed by atoms with van der Waals surface area (Å²) in [7, 11) is 0. The van der Waals surface area contributed by atoms with Crippen LogP contribution in [-0.4, -0.2) is 17.9 Å². The number of fused-ring (bicyclic) bond motifs is 5. The van der Waals surface area contributed by atoms with Crippen LogP contribution in [0.2, 0.25) is 0 Å². The van der Waals surface area contributed by atoms with E-state index in [2.05, 4.69) is 25.2 Å². The smallest absolute Gasteiger partial charge is 0.243 e. The van der Waals surface area contributed by atoms with Crippen molar-refractivity contribution in [3.63, 3.8) is 0 Å². The van der Waals surface area contributed by atoms with Gasteiger partial charge in [0.05, 0.1) is 0 Å². The summed E-state index contributed by atoms with van der Waals surface area (Å²) in [5, 5.41) is 3.19. The van der Waals surface area contributed by atoms with Gasteiger partial charge in [-0.1, -0.05) is 19.9 Å². The number of carbonyl (C=O) groups is 2. The molecular formula is C19H28N2O2. The maximum absolute atomic E-state index is 11.9. The van der Waals surface area contributed by atoms with E-state index in [1.54, 1.807) is 6.08 Å². The van der Waals surface area contributed by atoms with Crippen molar-refractivity contribution >= 4 is 11.8 Å². The molecule has 23 heavy (non-hydrogen) atoms. The van der Waals surface area contributed by atoms with Gasteiger partial charge in [0.15, 0.2) is 0 Å². The average molecular weight is 316 g/mol. The fourth-order valence-electron chi connectivity index (χ4n) is 6.80. The molecule has 3 aliphatic carbocycles. The Morgan fingerprint density at radius 3 is 2.70 bits per heavy atom. The Morgan fingerprint density at radius 1 is 1.17 bits per heavy atom. The third kappa shape index (κ3) is 1.96. The van der Waals surface area contributed by atoms with Crippen LogP contribution in [0.4, 0.5) is 0 Å². The van der Waals surface area contributed by atoms with E-state index < -0.39 is 0 Å². The molecule has 0 aromatic carbocycles. The molecule has 4 aliphatic rings. The van der Waals surface area contributed by atoms with Crippen molar-refractivity contribution in [1.82, 2.24) is 5.32 Å². The number of nitrogens with one attached hydrogen (secondary N) is 1. The minimum Gasteiger partial charge on any atom is -0.369 e. The second kappa shape index (κ2) is 4.84. The van der Waals surface area contributed by atoms with Crippen LogP contribution in [0.1, 0.15) is 52.4 Å². The van der Waals surface area contributed by atoms with Crippen molar-refractivity contribution in [3.05, 3.63) is 12.2 Å². The van der Waals surface area contributed by atoms with Crippen LogP contribution in [0.3, 0.4) is 0 Å². The molecule has 0 spiro atoms. The van der Waals surface area contributed by atoms with Gasteiger partial charge in [-0.15, -0.1) is 0 Å². The van der Waals surface area contributed by atoms with E-state index in [9.17, 15) is 9.59 Å². The lowest BCUT2D eigenvalue weighted by atomic mass is 9.48. The molecule has 0 aromatic rings. The maximum atomic E-state index is 11.9. The van der Waals surface area contributed by atoms with Crippen molar-refractivity contribution in [2.24, 2.45) is 40.2 Å². The van der Waals surface area contributed by atoms with Gasteiger partial charge in [-0.25, -0.2) is 0 Å². The first-order chi connectivity index (χ1) is 10.9. The van der Waals surface area contributed by atoms with Gasteiger partial charge in [0, 0.05) is 17.4 Å². The second-order valence-electron chi connectivity index (χ2n) is 8.79. The first kappa shape index (κ1) is 15.2. The summed E-state index contributed by atoms with van der Waals surface area (Å²) in [6.07, 6.45) is 10.5. The molecule has 7 atom stereocenters. The standard InChI is InChI=1S/C19H28N2O2/c1-18-9-7-13-11(12(18)4-5-14(18)17(20)23)3-6-15-19(13,2)10-8-16(22)21-15/h8,10-15H,3-7,9H2,1-2H3,(H2,20,23)(H,21,22)/t11?,12?,13?,14-,15?,18+,19-/m1/s1. The number of primary amides is 1. The lowest BCUT2D eigenvalue weighted by Gasteiger charge is -2.58. The SMILES string of the molecule is C[C@]12C=CC(=O)NC1CCC1C2CC[C@@]2(C)C1CC[C@@H]2C(N)=O. The number of hydrogen-bond acceptors (Lipinski definition) is 2. The highest BCUT2D eigenvalue weighted by Crippen LogP contribution is 2.64. The predicted molar refractivity (Wildman–Crippen MR) is 88.1 cm³/mol. The molecule has 3 N–H and O–H groups in total. The molecule has 3 saturated carbocycles. The van der Waals surface area contributed by atoms with Gasteiger partial charge in [0.1, 0.15) is 0 Å². The van der Waals surface area contributed by atoms with Crippen molar-refractivity contribution < 1.29 is 9.59 Å². The second-order valence-corrected chi connectivity index (χ2v) is 8.79. The molecule has 0 saturated heterocycles. The van der Waals surface area contributed by atoms with Gasteiger partial charge in [0.25, 0.3) is 0 Å². The molecule has 4 unspecified atom stereocenters. The van der Waals surface area contributed by atoms with E-state index in [1.165, 1.54) is 6.42 Å². The molecule has 4 nitrogen and oxygen atoms in total. The summed E-state index contributed by atoms with van der Waals surface area (Å²) < 4.78 is 0. The Balaban J connectivity index is 1.66. The number of amides is 2. The Kier molecular flexibility index (Phi) is 3.20. The van der Waals surface area contributed by atoms with Crippen LogP contribution >= 0.6 is 0 Å². The highest BCUT2D eigenvalue weighted by Gasteiger charge is 2.60. The minimum absolute atomic E-state index is 0.0561. The molecule has 4 heteroatoms. The van der Waals surface area contributed by atoms with Crippen LogP contribution in [0, 0.1) is 34.5 Å². The molecule has 0 radical (unpaired) electrons. The van der Waals surface area contributed by atoms with Crippen LogP contribution < -0.4 is 11.1 Å². The van der Waals surface area contributed by atoms with Crippen molar-refractivity contribution in [3.8, 4) is 0 Å². The van der Waals surface area contributed by atoms with Gasteiger partial charge in [-0.2, -0.15) is 0 Å². The van der Waals surface area contributed by atoms with Gasteiger partial charge < -0.3 is 11.1 Å². The number of hydrogen-bond donors (Lipinski definition) is 2. The molecule has 126 valence electrons. The highest BCUT2D eigenvalue weighted by atomic mass is 16.2. The summed E-state index contributed by atoms with van der Waals surface area (Å²) in [6, 6.07) is 0.277. The molecule has 1 aliphatic heterocycles. The summed E-state index contributed by atoms with van der Waals surface area (Å²) in [6.45, 7) is 4.64. The zero-order valence-electron chi connectivity index (χ0n) is 14.2. The molecular weight excluding hydrogens is 288 g/mol. The molecule has 2 amide bonds. The average Bonchev–Trinajstić information content (AvgIpc) is 2.85. The lowest BCUT2D eigenvalue weighted by molar-refractivity contribution is -0.131. The van der Waals surface area contributed by atoms with Crippen LogP contribution in [-0.2, 0) is 9.59 Å². The predicted octanol–water partition coefficient (Wildman–Crippen LogP) is 2.39. The first-order valence-corrected chi connectivity index (χ1v) is 9.15. The largest absolute Gasteiger partial charge is 0.369 e. The maximum Gasteiger partial charge on any atom is 0.243 e. The Morgan fingerprint density at radius 2 is 1.96 bits per heavy atom. The summed E-state index contributed by atoms with van der Waals surface area (Å²) in [4.78, 5) is 23.6. The third-order valence-electron chi connectivity index (χ3n) is 8.03. The van der Waals surface area contributed by atoms with E-state index in [1.807, 2.05) is 0 Å². The van der Waals surface area contributed by atoms with Gasteiger partial charge in [-0.05, 0) is 67.8 Å². The lowest BCUT2D eigenvalue weighted by Crippen LogP contribution is -2.59. The van der Waals surface area contributed by atoms with E-state index in [0.29, 0.717) is 17.8 Å². The minimum atomic E-state index is -0.0989. The van der Waals surface area contributed by atoms with Crippen molar-refractivity contribution in [2.75, 3.05) is 0 Å². The van der Waals surface area contributed by atoms with Crippen molar-refractivity contribution in [1.29, 1.82) is 0 Å². The third-order valence-corrected chi connectivity index (χ3v) is 8.03. The normalized spacial score (nSPS) is 51.4. The van der Waals surface area contributed by atoms with Crippen LogP contribution in [0.15, 0.2) is 12.2 Å². The highest BCUT2D eigenvalue weighted by molar-refractivity contribution is 5.89. The fraction of sp³-hybridized carbons (Fsp3) is 0.789. The van der Waals surface area contributed by atoms with Gasteiger partial charge in [0.2, 0.25) is 11.8 Å². The van der Waals surface area contributed by atoms with Crippen LogP contribution in [0.5, 0.6) is 0 Å². The quantitative estimate of drug-likeness (QED) is 0.779. The van der Waals surface area contributed by atoms with Gasteiger partial charge >= 0.3 is 0 Å².